The van der Waals surface area contributed by atoms with Gasteiger partial charge in [0.05, 0.1) is 0 Å². The maximum atomic E-state index is 12.3. The Morgan fingerprint density at radius 3 is 2.44 bits per heavy atom. The van der Waals surface area contributed by atoms with Gasteiger partial charge in [-0.05, 0) is 17.7 Å². The number of Topliss-reactive ketones (excluding diaryl/α,β-unsaturated/α-hetero) is 1. The number of fused-ring (bicyclic) bond motifs is 1. The Morgan fingerprint density at radius 2 is 1.68 bits per heavy atom. The van der Waals surface area contributed by atoms with Gasteiger partial charge in [0.1, 0.15) is 13.2 Å². The standard InChI is InChI=1S/C20H21NO4/c1-21(14-15-7-9-18-19(13-15)25-12-11-24-18)20(23)10-8-17(22)16-5-3-2-4-6-16/h2-7,9,13H,8,10-12,14H2,1H3. The number of nitrogens with zero attached hydrogens (tertiary/aromatic N) is 1. The molecule has 0 aromatic heterocycles. The van der Waals surface area contributed by atoms with Gasteiger partial charge in [0.25, 0.3) is 0 Å². The zero-order chi connectivity index (χ0) is 17.6. The number of carbonyl (C=O) groups excluding carboxylic acids is 2. The zero-order valence-corrected chi connectivity index (χ0v) is 14.2. The first-order chi connectivity index (χ1) is 12.1. The average Bonchev–Trinajstić information content (AvgIpc) is 2.66. The lowest BCUT2D eigenvalue weighted by molar-refractivity contribution is -0.130. The third-order valence-electron chi connectivity index (χ3n) is 4.11. The van der Waals surface area contributed by atoms with Gasteiger partial charge < -0.3 is 14.4 Å². The predicted octanol–water partition coefficient (Wildman–Crippen LogP) is 3.08. The van der Waals surface area contributed by atoms with Crippen LogP contribution in [-0.4, -0.2) is 36.9 Å². The van der Waals surface area contributed by atoms with Crippen molar-refractivity contribution in [3.8, 4) is 11.5 Å². The summed E-state index contributed by atoms with van der Waals surface area (Å²) in [7, 11) is 1.74. The number of hydrogen-bond donors (Lipinski definition) is 0. The van der Waals surface area contributed by atoms with Gasteiger partial charge in [-0.1, -0.05) is 36.4 Å². The Kier molecular flexibility index (Phi) is 5.33. The molecule has 3 rings (SSSR count). The van der Waals surface area contributed by atoms with E-state index in [1.807, 2.05) is 36.4 Å². The molecule has 0 saturated carbocycles. The van der Waals surface area contributed by atoms with Crippen molar-refractivity contribution >= 4 is 11.7 Å². The smallest absolute Gasteiger partial charge is 0.223 e. The summed E-state index contributed by atoms with van der Waals surface area (Å²) in [6.45, 7) is 1.56. The van der Waals surface area contributed by atoms with Crippen LogP contribution < -0.4 is 9.47 Å². The largest absolute Gasteiger partial charge is 0.486 e. The first-order valence-electron chi connectivity index (χ1n) is 8.34. The number of rotatable bonds is 6. The van der Waals surface area contributed by atoms with E-state index in [4.69, 9.17) is 9.47 Å². The summed E-state index contributed by atoms with van der Waals surface area (Å²) in [6.07, 6.45) is 0.420. The molecule has 5 nitrogen and oxygen atoms in total. The molecule has 5 heteroatoms. The summed E-state index contributed by atoms with van der Waals surface area (Å²) < 4.78 is 11.1. The minimum Gasteiger partial charge on any atom is -0.486 e. The maximum Gasteiger partial charge on any atom is 0.223 e. The number of ketones is 1. The lowest BCUT2D eigenvalue weighted by atomic mass is 10.1. The van der Waals surface area contributed by atoms with E-state index in [0.717, 1.165) is 11.3 Å². The zero-order valence-electron chi connectivity index (χ0n) is 14.2. The molecule has 0 bridgehead atoms. The molecule has 1 heterocycles. The van der Waals surface area contributed by atoms with E-state index >= 15 is 0 Å². The lowest BCUT2D eigenvalue weighted by Crippen LogP contribution is -2.26. The number of amides is 1. The topological polar surface area (TPSA) is 55.8 Å². The highest BCUT2D eigenvalue weighted by Gasteiger charge is 2.15. The van der Waals surface area contributed by atoms with Gasteiger partial charge in [-0.3, -0.25) is 9.59 Å². The van der Waals surface area contributed by atoms with Crippen LogP contribution in [0.1, 0.15) is 28.8 Å². The van der Waals surface area contributed by atoms with Crippen LogP contribution in [0.25, 0.3) is 0 Å². The molecular weight excluding hydrogens is 318 g/mol. The van der Waals surface area contributed by atoms with E-state index in [-0.39, 0.29) is 24.5 Å². The predicted molar refractivity (Wildman–Crippen MR) is 93.9 cm³/mol. The highest BCUT2D eigenvalue weighted by molar-refractivity contribution is 5.97. The molecule has 0 radical (unpaired) electrons. The number of ether oxygens (including phenoxy) is 2. The van der Waals surface area contributed by atoms with Crippen LogP contribution in [0.4, 0.5) is 0 Å². The molecule has 25 heavy (non-hydrogen) atoms. The van der Waals surface area contributed by atoms with E-state index in [1.165, 1.54) is 0 Å². The fourth-order valence-corrected chi connectivity index (χ4v) is 2.73. The number of hydrogen-bond acceptors (Lipinski definition) is 4. The second-order valence-corrected chi connectivity index (χ2v) is 6.02. The number of carbonyl (C=O) groups is 2. The van der Waals surface area contributed by atoms with Crippen LogP contribution in [0.3, 0.4) is 0 Å². The van der Waals surface area contributed by atoms with E-state index < -0.39 is 0 Å². The van der Waals surface area contributed by atoms with Crippen LogP contribution in [0.5, 0.6) is 11.5 Å². The maximum absolute atomic E-state index is 12.3. The minimum absolute atomic E-state index is 0.0123. The van der Waals surface area contributed by atoms with Crippen LogP contribution in [0.2, 0.25) is 0 Å². The summed E-state index contributed by atoms with van der Waals surface area (Å²) in [5.41, 5.74) is 1.61. The van der Waals surface area contributed by atoms with Gasteiger partial charge >= 0.3 is 0 Å². The van der Waals surface area contributed by atoms with Gasteiger partial charge in [-0.15, -0.1) is 0 Å². The van der Waals surface area contributed by atoms with Crippen molar-refractivity contribution < 1.29 is 19.1 Å². The van der Waals surface area contributed by atoms with Crippen molar-refractivity contribution in [2.75, 3.05) is 20.3 Å². The molecule has 0 saturated heterocycles. The molecule has 2 aromatic carbocycles. The molecule has 1 aliphatic heterocycles. The summed E-state index contributed by atoms with van der Waals surface area (Å²) in [5.74, 6) is 1.38. The normalized spacial score (nSPS) is 12.5. The van der Waals surface area contributed by atoms with Crippen molar-refractivity contribution in [2.24, 2.45) is 0 Å². The van der Waals surface area contributed by atoms with Gasteiger partial charge in [0.15, 0.2) is 17.3 Å². The van der Waals surface area contributed by atoms with Gasteiger partial charge in [0.2, 0.25) is 5.91 Å². The highest BCUT2D eigenvalue weighted by atomic mass is 16.6. The average molecular weight is 339 g/mol. The molecule has 1 amide bonds. The Balaban J connectivity index is 1.53. The second kappa shape index (κ2) is 7.83. The lowest BCUT2D eigenvalue weighted by Gasteiger charge is -2.21. The fraction of sp³-hybridized carbons (Fsp3) is 0.300. The fourth-order valence-electron chi connectivity index (χ4n) is 2.73. The van der Waals surface area contributed by atoms with Crippen LogP contribution >= 0.6 is 0 Å². The Hall–Kier alpha value is -2.82. The van der Waals surface area contributed by atoms with E-state index in [9.17, 15) is 9.59 Å². The summed E-state index contributed by atoms with van der Waals surface area (Å²) in [4.78, 5) is 26.0. The van der Waals surface area contributed by atoms with Crippen molar-refractivity contribution in [3.63, 3.8) is 0 Å². The Morgan fingerprint density at radius 1 is 0.960 bits per heavy atom. The van der Waals surface area contributed by atoms with Gasteiger partial charge in [-0.2, -0.15) is 0 Å². The van der Waals surface area contributed by atoms with E-state index in [0.29, 0.717) is 31.1 Å². The molecule has 0 atom stereocenters. The monoisotopic (exact) mass is 339 g/mol. The molecule has 0 unspecified atom stereocenters. The van der Waals surface area contributed by atoms with Crippen molar-refractivity contribution in [1.29, 1.82) is 0 Å². The summed E-state index contributed by atoms with van der Waals surface area (Å²) in [5, 5.41) is 0. The highest BCUT2D eigenvalue weighted by Crippen LogP contribution is 2.31. The third-order valence-corrected chi connectivity index (χ3v) is 4.11. The van der Waals surface area contributed by atoms with E-state index in [2.05, 4.69) is 0 Å². The van der Waals surface area contributed by atoms with Crippen molar-refractivity contribution in [3.05, 3.63) is 59.7 Å². The third kappa shape index (κ3) is 4.38. The van der Waals surface area contributed by atoms with Crippen molar-refractivity contribution in [1.82, 2.24) is 4.90 Å². The van der Waals surface area contributed by atoms with Gasteiger partial charge in [0, 0.05) is 32.0 Å². The molecule has 2 aromatic rings. The second-order valence-electron chi connectivity index (χ2n) is 6.02. The summed E-state index contributed by atoms with van der Waals surface area (Å²) in [6, 6.07) is 14.7. The molecule has 0 aliphatic carbocycles. The van der Waals surface area contributed by atoms with Crippen molar-refractivity contribution in [2.45, 2.75) is 19.4 Å². The number of benzene rings is 2. The first kappa shape index (κ1) is 17.0. The first-order valence-corrected chi connectivity index (χ1v) is 8.34. The minimum atomic E-state index is -0.0563. The quantitative estimate of drug-likeness (QED) is 0.759. The Bertz CT molecular complexity index is 758. The van der Waals surface area contributed by atoms with Crippen LogP contribution in [0.15, 0.2) is 48.5 Å². The molecule has 0 spiro atoms. The summed E-state index contributed by atoms with van der Waals surface area (Å²) >= 11 is 0. The molecule has 130 valence electrons. The molecule has 0 fully saturated rings. The van der Waals surface area contributed by atoms with Gasteiger partial charge in [-0.25, -0.2) is 0 Å². The van der Waals surface area contributed by atoms with Crippen LogP contribution in [0, 0.1) is 0 Å². The van der Waals surface area contributed by atoms with Crippen LogP contribution in [-0.2, 0) is 11.3 Å². The molecular formula is C20H21NO4. The SMILES string of the molecule is CN(Cc1ccc2c(c1)OCCO2)C(=O)CCC(=O)c1ccccc1. The van der Waals surface area contributed by atoms with E-state index in [1.54, 1.807) is 24.1 Å². The Labute approximate surface area is 147 Å². The molecule has 0 N–H and O–H groups in total. The molecule has 1 aliphatic rings.